The van der Waals surface area contributed by atoms with Crippen molar-refractivity contribution in [2.24, 2.45) is 0 Å². The summed E-state index contributed by atoms with van der Waals surface area (Å²) in [5, 5.41) is 0. The van der Waals surface area contributed by atoms with Crippen LogP contribution in [-0.2, 0) is 27.9 Å². The Labute approximate surface area is 170 Å². The van der Waals surface area contributed by atoms with E-state index in [1.807, 2.05) is 0 Å². The molecule has 9 heteroatoms. The van der Waals surface area contributed by atoms with Gasteiger partial charge in [-0.3, -0.25) is 0 Å². The second kappa shape index (κ2) is 14.7. The quantitative estimate of drug-likeness (QED) is 0.115. The van der Waals surface area contributed by atoms with E-state index in [1.54, 1.807) is 0 Å². The Morgan fingerprint density at radius 1 is 0.889 bits per heavy atom. The molecule has 0 unspecified atom stereocenters. The minimum Gasteiger partial charge on any atom is -0.460 e. The lowest BCUT2D eigenvalue weighted by Crippen LogP contribution is -2.43. The minimum absolute atomic E-state index is 0.0620. The zero-order valence-electron chi connectivity index (χ0n) is 18.2. The molecule has 0 saturated carbocycles. The standard InChI is InChI=1S/C18H40O6Si3/c1-8-17(19)22-15-14-21-12-9-11-20-13-10-16-25-18(23-26(2,3)4)24-27(5,6)7/h8,18H,1,9-16,25H2,2-7H3. The van der Waals surface area contributed by atoms with Crippen LogP contribution in [-0.4, -0.2) is 71.1 Å². The summed E-state index contributed by atoms with van der Waals surface area (Å²) >= 11 is 0. The van der Waals surface area contributed by atoms with Crippen LogP contribution in [0.25, 0.3) is 0 Å². The zero-order valence-corrected chi connectivity index (χ0v) is 21.6. The second-order valence-electron chi connectivity index (χ2n) is 8.34. The van der Waals surface area contributed by atoms with E-state index in [0.29, 0.717) is 19.8 Å². The maximum absolute atomic E-state index is 10.8. The van der Waals surface area contributed by atoms with Crippen LogP contribution in [0.5, 0.6) is 0 Å². The van der Waals surface area contributed by atoms with Crippen LogP contribution in [0, 0.1) is 0 Å². The fourth-order valence-corrected chi connectivity index (χ4v) is 8.71. The molecule has 6 nitrogen and oxygen atoms in total. The Kier molecular flexibility index (Phi) is 14.5. The molecule has 0 aromatic rings. The molecule has 0 saturated heterocycles. The summed E-state index contributed by atoms with van der Waals surface area (Å²) < 4.78 is 28.3. The molecule has 0 N–H and O–H groups in total. The molecule has 0 spiro atoms. The van der Waals surface area contributed by atoms with Gasteiger partial charge in [0.1, 0.15) is 12.5 Å². The monoisotopic (exact) mass is 436 g/mol. The van der Waals surface area contributed by atoms with E-state index in [0.717, 1.165) is 25.5 Å². The summed E-state index contributed by atoms with van der Waals surface area (Å²) in [5.74, 6) is -0.356. The first-order valence-electron chi connectivity index (χ1n) is 9.84. The van der Waals surface area contributed by atoms with Crippen molar-refractivity contribution in [2.45, 2.75) is 64.1 Å². The maximum Gasteiger partial charge on any atom is 0.330 e. The molecule has 0 aliphatic heterocycles. The highest BCUT2D eigenvalue weighted by atomic mass is 28.4. The lowest BCUT2D eigenvalue weighted by Gasteiger charge is -2.31. The van der Waals surface area contributed by atoms with Gasteiger partial charge in [-0.15, -0.1) is 0 Å². The Bertz CT molecular complexity index is 391. The number of ether oxygens (including phenoxy) is 3. The van der Waals surface area contributed by atoms with Crippen molar-refractivity contribution in [1.29, 1.82) is 0 Å². The Morgan fingerprint density at radius 3 is 1.93 bits per heavy atom. The Balaban J connectivity index is 3.64. The number of esters is 1. The average Bonchev–Trinajstić information content (AvgIpc) is 2.52. The highest BCUT2D eigenvalue weighted by molar-refractivity contribution is 6.71. The molecule has 0 fully saturated rings. The van der Waals surface area contributed by atoms with Gasteiger partial charge in [0, 0.05) is 25.9 Å². The van der Waals surface area contributed by atoms with Gasteiger partial charge in [-0.25, -0.2) is 4.79 Å². The molecule has 0 aromatic heterocycles. The predicted molar refractivity (Wildman–Crippen MR) is 118 cm³/mol. The smallest absolute Gasteiger partial charge is 0.330 e. The fourth-order valence-electron chi connectivity index (χ4n) is 2.17. The summed E-state index contributed by atoms with van der Waals surface area (Å²) in [6.45, 7) is 19.4. The molecular formula is C18H40O6Si3. The first-order chi connectivity index (χ1) is 12.5. The third-order valence-electron chi connectivity index (χ3n) is 3.16. The molecule has 27 heavy (non-hydrogen) atoms. The molecule has 0 heterocycles. The van der Waals surface area contributed by atoms with Crippen molar-refractivity contribution in [3.8, 4) is 0 Å². The van der Waals surface area contributed by atoms with Gasteiger partial charge >= 0.3 is 5.97 Å². The van der Waals surface area contributed by atoms with E-state index >= 15 is 0 Å². The van der Waals surface area contributed by atoms with Gasteiger partial charge in [0.05, 0.1) is 16.1 Å². The molecule has 0 aliphatic rings. The van der Waals surface area contributed by atoms with Crippen LogP contribution in [0.4, 0.5) is 0 Å². The van der Waals surface area contributed by atoms with Crippen LogP contribution in [0.3, 0.4) is 0 Å². The summed E-state index contributed by atoms with van der Waals surface area (Å²) in [7, 11) is -3.57. The van der Waals surface area contributed by atoms with E-state index in [9.17, 15) is 4.79 Å². The highest BCUT2D eigenvalue weighted by Crippen LogP contribution is 2.14. The summed E-state index contributed by atoms with van der Waals surface area (Å²) in [6.07, 6.45) is 3.05. The number of hydrogen-bond acceptors (Lipinski definition) is 6. The third-order valence-corrected chi connectivity index (χ3v) is 7.48. The van der Waals surface area contributed by atoms with E-state index < -0.39 is 32.1 Å². The van der Waals surface area contributed by atoms with Gasteiger partial charge in [0.15, 0.2) is 16.6 Å². The molecule has 0 rings (SSSR count). The first-order valence-corrected chi connectivity index (χ1v) is 18.5. The largest absolute Gasteiger partial charge is 0.460 e. The number of carbonyl (C=O) groups excluding carboxylic acids is 1. The van der Waals surface area contributed by atoms with Crippen molar-refractivity contribution >= 4 is 32.1 Å². The van der Waals surface area contributed by atoms with E-state index in [2.05, 4.69) is 45.9 Å². The summed E-state index contributed by atoms with van der Waals surface area (Å²) in [6, 6.07) is 1.17. The normalized spacial score (nSPS) is 12.9. The Hall–Kier alpha value is -0.299. The van der Waals surface area contributed by atoms with Crippen molar-refractivity contribution in [2.75, 3.05) is 33.0 Å². The van der Waals surface area contributed by atoms with Crippen LogP contribution in [0.1, 0.15) is 12.8 Å². The number of hydrogen-bond donors (Lipinski definition) is 0. The molecule has 0 atom stereocenters. The van der Waals surface area contributed by atoms with Crippen molar-refractivity contribution in [3.63, 3.8) is 0 Å². The average molecular weight is 437 g/mol. The third kappa shape index (κ3) is 20.2. The SMILES string of the molecule is C=CC(=O)OCCOCCCOCCC[SiH2]C(O[Si](C)(C)C)O[Si](C)(C)C. The number of rotatable bonds is 17. The van der Waals surface area contributed by atoms with Crippen LogP contribution in [0.2, 0.25) is 45.3 Å². The Morgan fingerprint density at radius 2 is 1.41 bits per heavy atom. The van der Waals surface area contributed by atoms with Crippen molar-refractivity contribution in [1.82, 2.24) is 0 Å². The summed E-state index contributed by atoms with van der Waals surface area (Å²) in [5.41, 5.74) is 0. The van der Waals surface area contributed by atoms with Crippen molar-refractivity contribution < 1.29 is 27.9 Å². The molecule has 0 aromatic carbocycles. The van der Waals surface area contributed by atoms with E-state index in [4.69, 9.17) is 23.1 Å². The lowest BCUT2D eigenvalue weighted by molar-refractivity contribution is -0.139. The maximum atomic E-state index is 10.8. The lowest BCUT2D eigenvalue weighted by atomic mass is 10.5. The molecular weight excluding hydrogens is 396 g/mol. The van der Waals surface area contributed by atoms with E-state index in [1.165, 1.54) is 6.04 Å². The minimum atomic E-state index is -1.57. The summed E-state index contributed by atoms with van der Waals surface area (Å²) in [4.78, 5) is 10.8. The molecule has 0 radical (unpaired) electrons. The van der Waals surface area contributed by atoms with Gasteiger partial charge in [-0.2, -0.15) is 0 Å². The fraction of sp³-hybridized carbons (Fsp3) is 0.833. The van der Waals surface area contributed by atoms with Crippen LogP contribution in [0.15, 0.2) is 12.7 Å². The second-order valence-corrected chi connectivity index (χ2v) is 19.2. The van der Waals surface area contributed by atoms with Gasteiger partial charge in [-0.05, 0) is 52.1 Å². The molecule has 0 bridgehead atoms. The molecule has 160 valence electrons. The molecule has 0 aliphatic carbocycles. The first kappa shape index (κ1) is 26.7. The highest BCUT2D eigenvalue weighted by Gasteiger charge is 2.26. The van der Waals surface area contributed by atoms with Crippen LogP contribution < -0.4 is 0 Å². The predicted octanol–water partition coefficient (Wildman–Crippen LogP) is 3.10. The zero-order chi connectivity index (χ0) is 20.8. The topological polar surface area (TPSA) is 63.2 Å². The van der Waals surface area contributed by atoms with Gasteiger partial charge in [0.2, 0.25) is 0 Å². The van der Waals surface area contributed by atoms with Crippen molar-refractivity contribution in [3.05, 3.63) is 12.7 Å². The van der Waals surface area contributed by atoms with Crippen LogP contribution >= 0.6 is 0 Å². The van der Waals surface area contributed by atoms with E-state index in [-0.39, 0.29) is 12.5 Å². The van der Waals surface area contributed by atoms with Gasteiger partial charge < -0.3 is 23.1 Å². The molecule has 0 amide bonds. The van der Waals surface area contributed by atoms with Gasteiger partial charge in [0.25, 0.3) is 0 Å². The number of carbonyl (C=O) groups is 1. The van der Waals surface area contributed by atoms with Gasteiger partial charge in [-0.1, -0.05) is 12.6 Å².